The molecule has 0 unspecified atom stereocenters. The van der Waals surface area contributed by atoms with E-state index in [0.717, 1.165) is 65.3 Å². The molecule has 6 rings (SSSR count). The summed E-state index contributed by atoms with van der Waals surface area (Å²) >= 11 is 0. The average Bonchev–Trinajstić information content (AvgIpc) is 2.93. The monoisotopic (exact) mass is 520 g/mol. The maximum Gasteiger partial charge on any atom is 0.148 e. The van der Waals surface area contributed by atoms with Gasteiger partial charge in [-0.25, -0.2) is 9.37 Å². The van der Waals surface area contributed by atoms with Gasteiger partial charge in [0.2, 0.25) is 0 Å². The molecule has 0 aromatic heterocycles. The third-order valence-corrected chi connectivity index (χ3v) is 7.18. The first-order valence-corrected chi connectivity index (χ1v) is 13.5. The van der Waals surface area contributed by atoms with Crippen molar-refractivity contribution in [3.8, 4) is 17.1 Å². The van der Waals surface area contributed by atoms with Crippen LogP contribution in [0.3, 0.4) is 0 Å². The van der Waals surface area contributed by atoms with E-state index in [0.29, 0.717) is 11.4 Å². The molecule has 1 saturated heterocycles. The number of hydrogen-bond donors (Lipinski definition) is 1. The van der Waals surface area contributed by atoms with Crippen LogP contribution < -0.4 is 15.6 Å². The average molecular weight is 521 g/mol. The van der Waals surface area contributed by atoms with Crippen LogP contribution in [0.4, 0.5) is 21.5 Å². The highest BCUT2D eigenvalue weighted by molar-refractivity contribution is 5.84. The van der Waals surface area contributed by atoms with Gasteiger partial charge < -0.3 is 19.7 Å². The molecule has 0 spiro atoms. The van der Waals surface area contributed by atoms with Crippen molar-refractivity contribution in [3.05, 3.63) is 96.1 Å². The summed E-state index contributed by atoms with van der Waals surface area (Å²) < 4.78 is 17.5. The Hall–Kier alpha value is -4.23. The summed E-state index contributed by atoms with van der Waals surface area (Å²) in [5.74, 6) is -0.223. The number of halogens is 1. The Morgan fingerprint density at radius 2 is 1.62 bits per heavy atom. The van der Waals surface area contributed by atoms with Gasteiger partial charge in [0.15, 0.2) is 0 Å². The van der Waals surface area contributed by atoms with E-state index in [1.807, 2.05) is 54.6 Å². The van der Waals surface area contributed by atoms with E-state index >= 15 is 4.39 Å². The lowest BCUT2D eigenvalue weighted by molar-refractivity contribution is 0.311. The summed E-state index contributed by atoms with van der Waals surface area (Å²) in [6.07, 6.45) is 0. The van der Waals surface area contributed by atoms with E-state index in [2.05, 4.69) is 64.8 Å². The van der Waals surface area contributed by atoms with Gasteiger partial charge in [-0.15, -0.1) is 0 Å². The number of fused-ring (bicyclic) bond motifs is 2. The van der Waals surface area contributed by atoms with Gasteiger partial charge in [0.25, 0.3) is 0 Å². The van der Waals surface area contributed by atoms with Crippen LogP contribution in [-0.2, 0) is 0 Å². The molecule has 6 nitrogen and oxygen atoms in total. The highest BCUT2D eigenvalue weighted by atomic mass is 19.1. The van der Waals surface area contributed by atoms with Crippen molar-refractivity contribution in [2.24, 2.45) is 4.99 Å². The number of para-hydroxylation sites is 3. The molecule has 2 heterocycles. The molecule has 7 heteroatoms. The molecule has 39 heavy (non-hydrogen) atoms. The lowest BCUT2D eigenvalue weighted by Gasteiger charge is -2.34. The molecule has 1 N–H and O–H groups in total. The molecule has 3 aliphatic rings. The Morgan fingerprint density at radius 3 is 2.36 bits per heavy atom. The summed E-state index contributed by atoms with van der Waals surface area (Å²) in [7, 11) is 2.10. The van der Waals surface area contributed by atoms with Gasteiger partial charge in [0.1, 0.15) is 5.82 Å². The second-order valence-corrected chi connectivity index (χ2v) is 10.4. The Morgan fingerprint density at radius 1 is 0.872 bits per heavy atom. The molecular weight excluding hydrogens is 487 g/mol. The Bertz CT molecular complexity index is 1650. The van der Waals surface area contributed by atoms with Crippen LogP contribution in [0.2, 0.25) is 0 Å². The lowest BCUT2D eigenvalue weighted by atomic mass is 10.1. The minimum absolute atomic E-state index is 0.0814. The zero-order valence-electron chi connectivity index (χ0n) is 22.6. The van der Waals surface area contributed by atoms with Gasteiger partial charge in [0, 0.05) is 43.6 Å². The fourth-order valence-corrected chi connectivity index (χ4v) is 5.23. The normalized spacial score (nSPS) is 15.0. The summed E-state index contributed by atoms with van der Waals surface area (Å²) in [5, 5.41) is 4.25. The van der Waals surface area contributed by atoms with Crippen molar-refractivity contribution >= 4 is 28.1 Å². The number of likely N-dealkylation sites (N-methyl/N-ethyl adjacent to an activating group) is 1. The maximum absolute atomic E-state index is 15.3. The number of nitrogens with zero attached hydrogens (tertiary/aromatic N) is 5. The van der Waals surface area contributed by atoms with Crippen molar-refractivity contribution < 1.29 is 4.39 Å². The minimum Gasteiger partial charge on any atom is -0.367 e. The summed E-state index contributed by atoms with van der Waals surface area (Å²) in [6, 6.07) is 28.0. The number of aromatic nitrogens is 2. The molecular formula is C32H33FN6. The summed E-state index contributed by atoms with van der Waals surface area (Å²) in [5.41, 5.74) is 6.89. The zero-order chi connectivity index (χ0) is 26.9. The van der Waals surface area contributed by atoms with Crippen LogP contribution in [0.15, 0.2) is 89.9 Å². The third-order valence-electron chi connectivity index (χ3n) is 7.18. The highest BCUT2D eigenvalue weighted by Gasteiger charge is 2.19. The molecule has 3 aromatic carbocycles. The molecule has 0 saturated carbocycles. The Balaban J connectivity index is 1.46. The fourth-order valence-electron chi connectivity index (χ4n) is 5.23. The van der Waals surface area contributed by atoms with Crippen LogP contribution in [-0.4, -0.2) is 53.7 Å². The number of rotatable bonds is 5. The van der Waals surface area contributed by atoms with E-state index in [4.69, 9.17) is 9.98 Å². The predicted octanol–water partition coefficient (Wildman–Crippen LogP) is 6.07. The second kappa shape index (κ2) is 10.5. The molecule has 0 radical (unpaired) electrons. The molecule has 0 bridgehead atoms. The van der Waals surface area contributed by atoms with Crippen LogP contribution >= 0.6 is 0 Å². The van der Waals surface area contributed by atoms with Gasteiger partial charge >= 0.3 is 0 Å². The molecule has 1 fully saturated rings. The van der Waals surface area contributed by atoms with Crippen molar-refractivity contribution in [2.75, 3.05) is 43.4 Å². The summed E-state index contributed by atoms with van der Waals surface area (Å²) in [6.45, 7) is 7.62. The first kappa shape index (κ1) is 25.1. The number of benzene rings is 4. The number of nitrogens with one attached hydrogen (secondary N) is 1. The first-order valence-electron chi connectivity index (χ1n) is 13.5. The van der Waals surface area contributed by atoms with Gasteiger partial charge in [-0.1, -0.05) is 30.3 Å². The predicted molar refractivity (Wildman–Crippen MR) is 158 cm³/mol. The topological polar surface area (TPSA) is 48.7 Å². The molecule has 1 aliphatic carbocycles. The van der Waals surface area contributed by atoms with Crippen LogP contribution in [0.1, 0.15) is 13.8 Å². The van der Waals surface area contributed by atoms with E-state index in [-0.39, 0.29) is 11.9 Å². The second-order valence-electron chi connectivity index (χ2n) is 10.4. The van der Waals surface area contributed by atoms with Crippen molar-refractivity contribution in [1.82, 2.24) is 14.5 Å². The van der Waals surface area contributed by atoms with Crippen molar-refractivity contribution in [2.45, 2.75) is 19.9 Å². The van der Waals surface area contributed by atoms with Gasteiger partial charge in [-0.2, -0.15) is 0 Å². The van der Waals surface area contributed by atoms with E-state index in [1.54, 1.807) is 6.07 Å². The van der Waals surface area contributed by atoms with Gasteiger partial charge in [-0.05, 0) is 75.5 Å². The van der Waals surface area contributed by atoms with E-state index in [9.17, 15) is 0 Å². The van der Waals surface area contributed by atoms with E-state index < -0.39 is 0 Å². The van der Waals surface area contributed by atoms with Crippen molar-refractivity contribution in [1.29, 1.82) is 0 Å². The van der Waals surface area contributed by atoms with E-state index in [1.165, 1.54) is 0 Å². The number of hydrogen-bond acceptors (Lipinski definition) is 5. The molecule has 0 amide bonds. The smallest absolute Gasteiger partial charge is 0.148 e. The fraction of sp³-hybridized carbons (Fsp3) is 0.250. The molecule has 2 aliphatic heterocycles. The molecule has 0 atom stereocenters. The quantitative estimate of drug-likeness (QED) is 0.286. The lowest BCUT2D eigenvalue weighted by Crippen LogP contribution is -2.44. The van der Waals surface area contributed by atoms with Crippen LogP contribution in [0.25, 0.3) is 28.1 Å². The Kier molecular flexibility index (Phi) is 6.75. The van der Waals surface area contributed by atoms with Gasteiger partial charge in [0.05, 0.1) is 39.2 Å². The third kappa shape index (κ3) is 5.10. The molecule has 3 aromatic rings. The van der Waals surface area contributed by atoms with Crippen molar-refractivity contribution in [3.63, 3.8) is 0 Å². The van der Waals surface area contributed by atoms with Crippen LogP contribution in [0.5, 0.6) is 0 Å². The Labute approximate surface area is 228 Å². The minimum atomic E-state index is -0.223. The summed E-state index contributed by atoms with van der Waals surface area (Å²) in [4.78, 5) is 14.3. The number of piperazine rings is 1. The highest BCUT2D eigenvalue weighted by Crippen LogP contribution is 2.31. The van der Waals surface area contributed by atoms with Gasteiger partial charge in [-0.3, -0.25) is 4.99 Å². The largest absolute Gasteiger partial charge is 0.367 e. The zero-order valence-corrected chi connectivity index (χ0v) is 22.6. The SMILES string of the molecule is CC(C)N=c1cc2n(-c3ccccc3)c3ccccc3nc-2cc1Nc1ccc(N2CCN(C)CC2)c(F)c1. The van der Waals surface area contributed by atoms with Crippen LogP contribution in [0, 0.1) is 5.82 Å². The molecule has 198 valence electrons. The standard InChI is InChI=1S/C32H33FN6/c1-22(2)34-28-21-32-29(36-26-11-7-8-12-31(26)39(32)24-9-5-4-6-10-24)20-27(28)35-23-13-14-30(25(33)19-23)38-17-15-37(3)16-18-38/h4-14,19-22,35H,15-18H2,1-3H3. The maximum atomic E-state index is 15.3. The number of anilines is 3. The first-order chi connectivity index (χ1) is 19.0.